The summed E-state index contributed by atoms with van der Waals surface area (Å²) in [5.41, 5.74) is 6.91. The Bertz CT molecular complexity index is 316. The molecule has 13 heavy (non-hydrogen) atoms. The second-order valence-corrected chi connectivity index (χ2v) is 2.65. The number of carbonyl (C=O) groups is 1. The Kier molecular flexibility index (Phi) is 3.69. The number of aromatic nitrogens is 1. The van der Waals surface area contributed by atoms with E-state index in [0.717, 1.165) is 5.69 Å². The predicted molar refractivity (Wildman–Crippen MR) is 52.3 cm³/mol. The molecule has 0 unspecified atom stereocenters. The third kappa shape index (κ3) is 2.32. The molecule has 0 saturated heterocycles. The van der Waals surface area contributed by atoms with Crippen molar-refractivity contribution < 1.29 is 9.90 Å². The summed E-state index contributed by atoms with van der Waals surface area (Å²) in [6.45, 7) is 3.48. The van der Waals surface area contributed by atoms with Crippen LogP contribution in [-0.4, -0.2) is 16.1 Å². The van der Waals surface area contributed by atoms with Crippen LogP contribution in [0.15, 0.2) is 6.07 Å². The van der Waals surface area contributed by atoms with Gasteiger partial charge in [0, 0.05) is 5.69 Å². The minimum Gasteiger partial charge on any atom is -0.478 e. The van der Waals surface area contributed by atoms with E-state index in [-0.39, 0.29) is 23.8 Å². The van der Waals surface area contributed by atoms with Crippen molar-refractivity contribution in [1.29, 1.82) is 0 Å². The number of rotatable bonds is 1. The number of anilines is 1. The highest BCUT2D eigenvalue weighted by molar-refractivity contribution is 5.94. The average molecular weight is 203 g/mol. The monoisotopic (exact) mass is 202 g/mol. The van der Waals surface area contributed by atoms with Gasteiger partial charge in [0.25, 0.3) is 0 Å². The van der Waals surface area contributed by atoms with Gasteiger partial charge in [-0.25, -0.2) is 9.78 Å². The first kappa shape index (κ1) is 11.7. The summed E-state index contributed by atoms with van der Waals surface area (Å²) in [5, 5.41) is 8.72. The van der Waals surface area contributed by atoms with Gasteiger partial charge in [-0.1, -0.05) is 0 Å². The topological polar surface area (TPSA) is 76.2 Å². The van der Waals surface area contributed by atoms with Gasteiger partial charge < -0.3 is 10.8 Å². The van der Waals surface area contributed by atoms with Crippen molar-refractivity contribution in [2.45, 2.75) is 13.8 Å². The number of nitrogens with zero attached hydrogens (tertiary/aromatic N) is 1. The van der Waals surface area contributed by atoms with Crippen LogP contribution in [0.25, 0.3) is 0 Å². The maximum atomic E-state index is 10.6. The first-order valence-corrected chi connectivity index (χ1v) is 3.49. The lowest BCUT2D eigenvalue weighted by atomic mass is 10.1. The minimum absolute atomic E-state index is 0. The van der Waals surface area contributed by atoms with Gasteiger partial charge in [-0.15, -0.1) is 12.4 Å². The van der Waals surface area contributed by atoms with Gasteiger partial charge in [0.15, 0.2) is 0 Å². The second-order valence-electron chi connectivity index (χ2n) is 2.65. The van der Waals surface area contributed by atoms with E-state index in [1.54, 1.807) is 19.9 Å². The molecular formula is C8H11ClN2O2. The SMILES string of the molecule is Cc1cc(C)c(C(=O)O)c(N)n1.Cl. The highest BCUT2D eigenvalue weighted by atomic mass is 35.5. The number of hydrogen-bond acceptors (Lipinski definition) is 3. The molecule has 1 heterocycles. The number of aromatic carboxylic acids is 1. The van der Waals surface area contributed by atoms with E-state index in [1.807, 2.05) is 0 Å². The normalized spacial score (nSPS) is 9.08. The summed E-state index contributed by atoms with van der Waals surface area (Å²) in [6, 6.07) is 1.69. The predicted octanol–water partition coefficient (Wildman–Crippen LogP) is 1.40. The van der Waals surface area contributed by atoms with Gasteiger partial charge in [-0.3, -0.25) is 0 Å². The van der Waals surface area contributed by atoms with Crippen LogP contribution < -0.4 is 5.73 Å². The summed E-state index contributed by atoms with van der Waals surface area (Å²) >= 11 is 0. The zero-order valence-electron chi connectivity index (χ0n) is 7.37. The molecule has 0 aliphatic heterocycles. The number of pyridine rings is 1. The number of carboxylic acids is 1. The van der Waals surface area contributed by atoms with Crippen molar-refractivity contribution in [2.75, 3.05) is 5.73 Å². The fraction of sp³-hybridized carbons (Fsp3) is 0.250. The first-order chi connectivity index (χ1) is 5.52. The first-order valence-electron chi connectivity index (χ1n) is 3.49. The van der Waals surface area contributed by atoms with E-state index in [1.165, 1.54) is 0 Å². The molecule has 0 aliphatic carbocycles. The number of carboxylic acid groups (broad SMARTS) is 1. The quantitative estimate of drug-likeness (QED) is 0.722. The van der Waals surface area contributed by atoms with Crippen molar-refractivity contribution in [3.8, 4) is 0 Å². The molecule has 4 nitrogen and oxygen atoms in total. The fourth-order valence-electron chi connectivity index (χ4n) is 1.14. The molecule has 1 aromatic heterocycles. The Morgan fingerprint density at radius 2 is 2.08 bits per heavy atom. The van der Waals surface area contributed by atoms with E-state index in [0.29, 0.717) is 5.56 Å². The Labute approximate surface area is 82.2 Å². The summed E-state index contributed by atoms with van der Waals surface area (Å²) in [4.78, 5) is 14.5. The van der Waals surface area contributed by atoms with Crippen LogP contribution in [0.4, 0.5) is 5.82 Å². The highest BCUT2D eigenvalue weighted by Gasteiger charge is 2.12. The molecule has 0 saturated carbocycles. The van der Waals surface area contributed by atoms with Gasteiger partial charge in [-0.2, -0.15) is 0 Å². The molecule has 0 atom stereocenters. The van der Waals surface area contributed by atoms with Gasteiger partial charge in [0.2, 0.25) is 0 Å². The molecule has 0 aliphatic rings. The van der Waals surface area contributed by atoms with E-state index in [4.69, 9.17) is 10.8 Å². The molecule has 3 N–H and O–H groups in total. The van der Waals surface area contributed by atoms with Crippen LogP contribution in [0.5, 0.6) is 0 Å². The lowest BCUT2D eigenvalue weighted by molar-refractivity contribution is 0.0697. The number of aryl methyl sites for hydroxylation is 2. The zero-order chi connectivity index (χ0) is 9.30. The summed E-state index contributed by atoms with van der Waals surface area (Å²) < 4.78 is 0. The fourth-order valence-corrected chi connectivity index (χ4v) is 1.14. The summed E-state index contributed by atoms with van der Waals surface area (Å²) in [6.07, 6.45) is 0. The van der Waals surface area contributed by atoms with E-state index in [2.05, 4.69) is 4.98 Å². The van der Waals surface area contributed by atoms with Gasteiger partial charge in [0.1, 0.15) is 11.4 Å². The van der Waals surface area contributed by atoms with E-state index in [9.17, 15) is 4.79 Å². The van der Waals surface area contributed by atoms with Gasteiger partial charge in [-0.05, 0) is 25.5 Å². The minimum atomic E-state index is -1.03. The van der Waals surface area contributed by atoms with Crippen LogP contribution >= 0.6 is 12.4 Å². The highest BCUT2D eigenvalue weighted by Crippen LogP contribution is 2.14. The van der Waals surface area contributed by atoms with E-state index < -0.39 is 5.97 Å². The second kappa shape index (κ2) is 4.09. The molecule has 1 rings (SSSR count). The molecule has 0 bridgehead atoms. The van der Waals surface area contributed by atoms with Crippen LogP contribution in [0.1, 0.15) is 21.6 Å². The van der Waals surface area contributed by atoms with Gasteiger partial charge in [0.05, 0.1) is 0 Å². The Hall–Kier alpha value is -1.29. The van der Waals surface area contributed by atoms with Crippen molar-refractivity contribution in [3.05, 3.63) is 22.9 Å². The Morgan fingerprint density at radius 3 is 2.46 bits per heavy atom. The lowest BCUT2D eigenvalue weighted by Gasteiger charge is -2.04. The Balaban J connectivity index is 0.00000144. The molecule has 0 spiro atoms. The maximum Gasteiger partial charge on any atom is 0.339 e. The largest absolute Gasteiger partial charge is 0.478 e. The Morgan fingerprint density at radius 1 is 1.54 bits per heavy atom. The number of hydrogen-bond donors (Lipinski definition) is 2. The van der Waals surface area contributed by atoms with Crippen molar-refractivity contribution >= 4 is 24.2 Å². The maximum absolute atomic E-state index is 10.6. The lowest BCUT2D eigenvalue weighted by Crippen LogP contribution is -2.07. The van der Waals surface area contributed by atoms with Crippen LogP contribution in [0.3, 0.4) is 0 Å². The molecule has 72 valence electrons. The number of halogens is 1. The van der Waals surface area contributed by atoms with Crippen LogP contribution in [-0.2, 0) is 0 Å². The summed E-state index contributed by atoms with van der Waals surface area (Å²) in [7, 11) is 0. The molecular weight excluding hydrogens is 192 g/mol. The number of nitrogen functional groups attached to an aromatic ring is 1. The van der Waals surface area contributed by atoms with Crippen molar-refractivity contribution in [3.63, 3.8) is 0 Å². The van der Waals surface area contributed by atoms with Crippen LogP contribution in [0, 0.1) is 13.8 Å². The van der Waals surface area contributed by atoms with Crippen molar-refractivity contribution in [1.82, 2.24) is 4.98 Å². The van der Waals surface area contributed by atoms with Crippen LogP contribution in [0.2, 0.25) is 0 Å². The molecule has 0 radical (unpaired) electrons. The molecule has 1 aromatic rings. The van der Waals surface area contributed by atoms with E-state index >= 15 is 0 Å². The average Bonchev–Trinajstić information content (AvgIpc) is 1.82. The summed E-state index contributed by atoms with van der Waals surface area (Å²) in [5.74, 6) is -0.947. The smallest absolute Gasteiger partial charge is 0.339 e. The zero-order valence-corrected chi connectivity index (χ0v) is 8.18. The molecule has 0 aromatic carbocycles. The van der Waals surface area contributed by atoms with Gasteiger partial charge >= 0.3 is 5.97 Å². The molecule has 0 amide bonds. The standard InChI is InChI=1S/C8H10N2O2.ClH/c1-4-3-5(2)10-7(9)6(4)8(11)12;/h3H,1-2H3,(H2,9,10)(H,11,12);1H. The number of nitrogens with two attached hydrogens (primary N) is 1. The third-order valence-corrected chi connectivity index (χ3v) is 1.59. The van der Waals surface area contributed by atoms with Crippen molar-refractivity contribution in [2.24, 2.45) is 0 Å². The molecule has 0 fully saturated rings. The molecule has 5 heteroatoms. The third-order valence-electron chi connectivity index (χ3n) is 1.59.